The van der Waals surface area contributed by atoms with E-state index in [4.69, 9.17) is 15.2 Å². The van der Waals surface area contributed by atoms with E-state index in [1.807, 2.05) is 13.0 Å². The highest BCUT2D eigenvalue weighted by Gasteiger charge is 2.43. The van der Waals surface area contributed by atoms with Gasteiger partial charge in [0.25, 0.3) is 5.91 Å². The van der Waals surface area contributed by atoms with Crippen molar-refractivity contribution in [3.8, 4) is 5.75 Å². The summed E-state index contributed by atoms with van der Waals surface area (Å²) in [4.78, 5) is 27.0. The van der Waals surface area contributed by atoms with Crippen LogP contribution in [0.4, 0.5) is 0 Å². The molecule has 1 unspecified atom stereocenters. The van der Waals surface area contributed by atoms with Gasteiger partial charge >= 0.3 is 0 Å². The molecule has 1 aliphatic carbocycles. The highest BCUT2D eigenvalue weighted by atomic mass is 16.5. The number of likely N-dealkylation sites (tertiary alicyclic amines) is 1. The Morgan fingerprint density at radius 2 is 1.97 bits per heavy atom. The van der Waals surface area contributed by atoms with Gasteiger partial charge in [0.2, 0.25) is 5.91 Å². The summed E-state index contributed by atoms with van der Waals surface area (Å²) in [6, 6.07) is 8.71. The summed E-state index contributed by atoms with van der Waals surface area (Å²) < 4.78 is 13.6. The highest BCUT2D eigenvalue weighted by Crippen LogP contribution is 2.38. The van der Waals surface area contributed by atoms with Gasteiger partial charge in [-0.05, 0) is 56.7 Å². The van der Waals surface area contributed by atoms with Crippen molar-refractivity contribution in [3.63, 3.8) is 0 Å². The topological polar surface area (TPSA) is 120 Å². The number of ether oxygens (including phenoxy) is 2. The molecule has 2 amide bonds. The Balaban J connectivity index is 1.64. The van der Waals surface area contributed by atoms with Gasteiger partial charge in [0.05, 0.1) is 12.3 Å². The van der Waals surface area contributed by atoms with Gasteiger partial charge in [-0.2, -0.15) is 5.10 Å². The summed E-state index contributed by atoms with van der Waals surface area (Å²) in [7, 11) is 1.79. The lowest BCUT2D eigenvalue weighted by Crippen LogP contribution is -2.42. The summed E-state index contributed by atoms with van der Waals surface area (Å²) >= 11 is 0. The van der Waals surface area contributed by atoms with Gasteiger partial charge < -0.3 is 25.2 Å². The zero-order valence-electron chi connectivity index (χ0n) is 19.7. The predicted molar refractivity (Wildman–Crippen MR) is 125 cm³/mol. The van der Waals surface area contributed by atoms with Crippen LogP contribution in [0.3, 0.4) is 0 Å². The molecule has 9 heteroatoms. The van der Waals surface area contributed by atoms with Gasteiger partial charge in [-0.25, -0.2) is 0 Å². The SMILES string of the molecule is Cc1cc(C2(C(N)=O)C=C(O[C@@H](C)CO)C=C(Oc3ccc(C(=O)N4CCC4)cc3)C2)nn1C. The first-order valence-corrected chi connectivity index (χ1v) is 11.3. The first-order valence-electron chi connectivity index (χ1n) is 11.3. The number of allylic oxidation sites excluding steroid dienone is 2. The second-order valence-electron chi connectivity index (χ2n) is 8.85. The van der Waals surface area contributed by atoms with Crippen molar-refractivity contribution in [2.24, 2.45) is 12.8 Å². The minimum absolute atomic E-state index is 0.00422. The number of amides is 2. The Labute approximate surface area is 198 Å². The number of hydrogen-bond acceptors (Lipinski definition) is 6. The Bertz CT molecular complexity index is 1130. The lowest BCUT2D eigenvalue weighted by Gasteiger charge is -2.31. The van der Waals surface area contributed by atoms with Crippen LogP contribution < -0.4 is 10.5 Å². The molecule has 2 aromatic rings. The van der Waals surface area contributed by atoms with Crippen LogP contribution in [0.2, 0.25) is 0 Å². The average Bonchev–Trinajstić information content (AvgIpc) is 3.11. The van der Waals surface area contributed by atoms with Gasteiger partial charge in [0, 0.05) is 43.9 Å². The monoisotopic (exact) mass is 466 g/mol. The van der Waals surface area contributed by atoms with Crippen LogP contribution in [-0.2, 0) is 22.0 Å². The zero-order chi connectivity index (χ0) is 24.5. The predicted octanol–water partition coefficient (Wildman–Crippen LogP) is 1.95. The van der Waals surface area contributed by atoms with Gasteiger partial charge in [0.1, 0.15) is 28.8 Å². The number of carbonyl (C=O) groups excluding carboxylic acids is 2. The summed E-state index contributed by atoms with van der Waals surface area (Å²) in [5.41, 5.74) is 6.58. The molecular weight excluding hydrogens is 436 g/mol. The van der Waals surface area contributed by atoms with Crippen LogP contribution in [0.1, 0.15) is 41.5 Å². The first-order chi connectivity index (χ1) is 16.2. The Morgan fingerprint density at radius 3 is 2.50 bits per heavy atom. The first kappa shape index (κ1) is 23.6. The molecule has 1 aromatic heterocycles. The second-order valence-corrected chi connectivity index (χ2v) is 8.85. The van der Waals surface area contributed by atoms with E-state index in [9.17, 15) is 14.7 Å². The number of aryl methyl sites for hydroxylation is 2. The van der Waals surface area contributed by atoms with Gasteiger partial charge in [-0.1, -0.05) is 0 Å². The van der Waals surface area contributed by atoms with E-state index in [0.29, 0.717) is 28.5 Å². The van der Waals surface area contributed by atoms with E-state index in [-0.39, 0.29) is 18.9 Å². The lowest BCUT2D eigenvalue weighted by molar-refractivity contribution is -0.122. The van der Waals surface area contributed by atoms with Crippen molar-refractivity contribution in [1.29, 1.82) is 0 Å². The number of primary amides is 1. The number of aliphatic hydroxyl groups is 1. The maximum absolute atomic E-state index is 12.8. The standard InChI is InChI=1S/C25H30N4O5/c1-16-11-22(27-28(16)3)25(24(26)32)13-20(33-17(2)15-30)12-21(14-25)34-19-7-5-18(6-8-19)23(31)29-9-4-10-29/h5-8,11-13,17,30H,4,9-10,14-15H2,1-3H3,(H2,26,32)/t17-,25?/m0/s1. The Morgan fingerprint density at radius 1 is 1.26 bits per heavy atom. The maximum atomic E-state index is 12.8. The molecule has 1 aromatic carbocycles. The number of benzene rings is 1. The van der Waals surface area contributed by atoms with E-state index < -0.39 is 17.4 Å². The van der Waals surface area contributed by atoms with Crippen molar-refractivity contribution in [2.45, 2.75) is 38.2 Å². The molecule has 2 aliphatic rings. The zero-order valence-corrected chi connectivity index (χ0v) is 19.7. The fraction of sp³-hybridized carbons (Fsp3) is 0.400. The molecule has 1 fully saturated rings. The third-order valence-corrected chi connectivity index (χ3v) is 6.24. The number of carbonyl (C=O) groups is 2. The van der Waals surface area contributed by atoms with E-state index in [2.05, 4.69) is 5.10 Å². The summed E-state index contributed by atoms with van der Waals surface area (Å²) in [6.45, 7) is 4.98. The van der Waals surface area contributed by atoms with Gasteiger partial charge in [-0.3, -0.25) is 14.3 Å². The molecule has 4 rings (SSSR count). The Kier molecular flexibility index (Phi) is 6.47. The molecule has 0 spiro atoms. The van der Waals surface area contributed by atoms with Crippen molar-refractivity contribution < 1.29 is 24.2 Å². The third kappa shape index (κ3) is 4.56. The van der Waals surface area contributed by atoms with E-state index in [0.717, 1.165) is 25.2 Å². The van der Waals surface area contributed by atoms with E-state index >= 15 is 0 Å². The van der Waals surface area contributed by atoms with E-state index in [1.165, 1.54) is 0 Å². The fourth-order valence-corrected chi connectivity index (χ4v) is 3.97. The molecule has 2 heterocycles. The van der Waals surface area contributed by atoms with Gasteiger partial charge in [-0.15, -0.1) is 0 Å². The third-order valence-electron chi connectivity index (χ3n) is 6.24. The van der Waals surface area contributed by atoms with Crippen LogP contribution in [0.25, 0.3) is 0 Å². The molecule has 2 atom stereocenters. The number of nitrogens with two attached hydrogens (primary N) is 1. The number of nitrogens with zero attached hydrogens (tertiary/aromatic N) is 3. The summed E-state index contributed by atoms with van der Waals surface area (Å²) in [6.07, 6.45) is 4.01. The molecule has 180 valence electrons. The molecule has 34 heavy (non-hydrogen) atoms. The Hall–Kier alpha value is -3.59. The number of aliphatic hydroxyl groups excluding tert-OH is 1. The molecule has 0 radical (unpaired) electrons. The number of aromatic nitrogens is 2. The molecule has 0 bridgehead atoms. The fourth-order valence-electron chi connectivity index (χ4n) is 3.97. The normalized spacial score (nSPS) is 20.6. The van der Waals surface area contributed by atoms with Crippen molar-refractivity contribution >= 4 is 11.8 Å². The van der Waals surface area contributed by atoms with Crippen molar-refractivity contribution in [1.82, 2.24) is 14.7 Å². The molecule has 3 N–H and O–H groups in total. The largest absolute Gasteiger partial charge is 0.488 e. The van der Waals surface area contributed by atoms with Crippen LogP contribution >= 0.6 is 0 Å². The second kappa shape index (κ2) is 9.34. The van der Waals surface area contributed by atoms with Crippen molar-refractivity contribution in [2.75, 3.05) is 19.7 Å². The molecule has 9 nitrogen and oxygen atoms in total. The van der Waals surface area contributed by atoms with Crippen LogP contribution in [0.5, 0.6) is 5.75 Å². The molecule has 1 saturated heterocycles. The van der Waals surface area contributed by atoms with Gasteiger partial charge in [0.15, 0.2) is 0 Å². The number of rotatable bonds is 8. The smallest absolute Gasteiger partial charge is 0.253 e. The molecular formula is C25H30N4O5. The quantitative estimate of drug-likeness (QED) is 0.614. The van der Waals surface area contributed by atoms with Crippen LogP contribution in [0.15, 0.2) is 54.0 Å². The maximum Gasteiger partial charge on any atom is 0.253 e. The van der Waals surface area contributed by atoms with Crippen molar-refractivity contribution in [3.05, 3.63) is 71.0 Å². The summed E-state index contributed by atoms with van der Waals surface area (Å²) in [5, 5.41) is 14.0. The minimum atomic E-state index is -1.28. The highest BCUT2D eigenvalue weighted by molar-refractivity contribution is 5.94. The minimum Gasteiger partial charge on any atom is -0.488 e. The molecule has 0 saturated carbocycles. The van der Waals surface area contributed by atoms with E-state index in [1.54, 1.807) is 60.0 Å². The molecule has 1 aliphatic heterocycles. The average molecular weight is 467 g/mol. The van der Waals surface area contributed by atoms with Crippen LogP contribution in [0, 0.1) is 6.92 Å². The number of hydrogen-bond donors (Lipinski definition) is 2. The summed E-state index contributed by atoms with van der Waals surface area (Å²) in [5.74, 6) is 0.733. The van der Waals surface area contributed by atoms with Crippen LogP contribution in [-0.4, -0.2) is 57.4 Å². The lowest BCUT2D eigenvalue weighted by atomic mass is 9.76.